The topological polar surface area (TPSA) is 29.5 Å². The molecule has 0 aromatic rings. The van der Waals surface area contributed by atoms with E-state index in [1.54, 1.807) is 0 Å². The highest BCUT2D eigenvalue weighted by atomic mass is 16.5. The maximum atomic E-state index is 9.49. The lowest BCUT2D eigenvalue weighted by atomic mass is 9.90. The fourth-order valence-corrected chi connectivity index (χ4v) is 2.49. The number of aliphatic hydroxyl groups is 1. The number of ether oxygens (including phenoxy) is 1. The average Bonchev–Trinajstić information content (AvgIpc) is 2.53. The zero-order valence-corrected chi connectivity index (χ0v) is 6.99. The van der Waals surface area contributed by atoms with E-state index in [0.29, 0.717) is 5.92 Å². The third-order valence-electron chi connectivity index (χ3n) is 3.23. The molecule has 1 saturated heterocycles. The monoisotopic (exact) mass is 156 g/mol. The van der Waals surface area contributed by atoms with Gasteiger partial charge in [0.15, 0.2) is 0 Å². The second kappa shape index (κ2) is 2.76. The fourth-order valence-electron chi connectivity index (χ4n) is 2.49. The average molecular weight is 156 g/mol. The van der Waals surface area contributed by atoms with E-state index in [1.807, 2.05) is 0 Å². The molecule has 0 radical (unpaired) electrons. The van der Waals surface area contributed by atoms with E-state index in [-0.39, 0.29) is 12.2 Å². The van der Waals surface area contributed by atoms with E-state index < -0.39 is 0 Å². The molecular formula is C9H16O2. The number of fused-ring (bicyclic) bond motifs is 1. The summed E-state index contributed by atoms with van der Waals surface area (Å²) < 4.78 is 5.54. The number of aliphatic hydroxyl groups excluding tert-OH is 1. The van der Waals surface area contributed by atoms with Crippen molar-refractivity contribution in [2.24, 2.45) is 11.8 Å². The van der Waals surface area contributed by atoms with E-state index in [1.165, 1.54) is 12.8 Å². The van der Waals surface area contributed by atoms with Gasteiger partial charge in [0.1, 0.15) is 0 Å². The molecule has 11 heavy (non-hydrogen) atoms. The van der Waals surface area contributed by atoms with E-state index in [0.717, 1.165) is 18.9 Å². The molecule has 4 atom stereocenters. The van der Waals surface area contributed by atoms with Crippen molar-refractivity contribution in [3.05, 3.63) is 0 Å². The molecular weight excluding hydrogens is 140 g/mol. The lowest BCUT2D eigenvalue weighted by molar-refractivity contribution is 0.00620. The van der Waals surface area contributed by atoms with Crippen molar-refractivity contribution in [3.63, 3.8) is 0 Å². The van der Waals surface area contributed by atoms with E-state index in [4.69, 9.17) is 4.74 Å². The van der Waals surface area contributed by atoms with Gasteiger partial charge in [0.05, 0.1) is 18.8 Å². The number of hydrogen-bond donors (Lipinski definition) is 1. The summed E-state index contributed by atoms with van der Waals surface area (Å²) in [5, 5.41) is 9.49. The quantitative estimate of drug-likeness (QED) is 0.617. The minimum atomic E-state index is -0.170. The lowest BCUT2D eigenvalue weighted by Crippen LogP contribution is -2.23. The van der Waals surface area contributed by atoms with Crippen LogP contribution in [0.2, 0.25) is 0 Å². The van der Waals surface area contributed by atoms with Gasteiger partial charge in [0.25, 0.3) is 0 Å². The zero-order chi connectivity index (χ0) is 7.84. The van der Waals surface area contributed by atoms with Crippen LogP contribution in [0, 0.1) is 11.8 Å². The van der Waals surface area contributed by atoms with E-state index in [9.17, 15) is 5.11 Å². The molecule has 1 N–H and O–H groups in total. The molecule has 2 nitrogen and oxygen atoms in total. The summed E-state index contributed by atoms with van der Waals surface area (Å²) in [5.74, 6) is 1.38. The summed E-state index contributed by atoms with van der Waals surface area (Å²) in [4.78, 5) is 0. The molecule has 1 saturated carbocycles. The standard InChI is InChI=1S/C9H16O2/c1-2-6-5-11-9-7(6)3-4-8(9)10/h6-10H,2-5H2,1H3. The first-order valence-corrected chi connectivity index (χ1v) is 4.62. The molecule has 64 valence electrons. The maximum Gasteiger partial charge on any atom is 0.0865 e. The Kier molecular flexibility index (Phi) is 1.90. The summed E-state index contributed by atoms with van der Waals surface area (Å²) in [6.07, 6.45) is 3.33. The van der Waals surface area contributed by atoms with Crippen LogP contribution in [0.4, 0.5) is 0 Å². The molecule has 2 heteroatoms. The Bertz CT molecular complexity index is 146. The van der Waals surface area contributed by atoms with Crippen LogP contribution in [0.1, 0.15) is 26.2 Å². The van der Waals surface area contributed by atoms with Gasteiger partial charge in [-0.2, -0.15) is 0 Å². The van der Waals surface area contributed by atoms with Gasteiger partial charge in [0.2, 0.25) is 0 Å². The number of rotatable bonds is 1. The Morgan fingerprint density at radius 3 is 3.00 bits per heavy atom. The van der Waals surface area contributed by atoms with Gasteiger partial charge in [-0.1, -0.05) is 13.3 Å². The fraction of sp³-hybridized carbons (Fsp3) is 1.00. The third-order valence-corrected chi connectivity index (χ3v) is 3.23. The Morgan fingerprint density at radius 2 is 2.27 bits per heavy atom. The van der Waals surface area contributed by atoms with Crippen molar-refractivity contribution in [1.82, 2.24) is 0 Å². The van der Waals surface area contributed by atoms with Crippen LogP contribution in [0.25, 0.3) is 0 Å². The van der Waals surface area contributed by atoms with Gasteiger partial charge in [-0.25, -0.2) is 0 Å². The molecule has 1 heterocycles. The van der Waals surface area contributed by atoms with Gasteiger partial charge in [-0.05, 0) is 24.7 Å². The van der Waals surface area contributed by atoms with Crippen LogP contribution >= 0.6 is 0 Å². The summed E-state index contributed by atoms with van der Waals surface area (Å²) in [7, 11) is 0. The molecule has 0 bridgehead atoms. The normalized spacial score (nSPS) is 49.6. The van der Waals surface area contributed by atoms with Crippen molar-refractivity contribution < 1.29 is 9.84 Å². The van der Waals surface area contributed by atoms with Crippen LogP contribution < -0.4 is 0 Å². The largest absolute Gasteiger partial charge is 0.390 e. The third kappa shape index (κ3) is 1.09. The van der Waals surface area contributed by atoms with Crippen molar-refractivity contribution in [2.45, 2.75) is 38.4 Å². The Hall–Kier alpha value is -0.0800. The smallest absolute Gasteiger partial charge is 0.0865 e. The van der Waals surface area contributed by atoms with Crippen molar-refractivity contribution >= 4 is 0 Å². The van der Waals surface area contributed by atoms with Crippen molar-refractivity contribution in [1.29, 1.82) is 0 Å². The molecule has 2 aliphatic rings. The minimum Gasteiger partial charge on any atom is -0.390 e. The van der Waals surface area contributed by atoms with Crippen LogP contribution in [0.5, 0.6) is 0 Å². The van der Waals surface area contributed by atoms with Gasteiger partial charge in [-0.3, -0.25) is 0 Å². The van der Waals surface area contributed by atoms with Crippen LogP contribution in [-0.4, -0.2) is 23.9 Å². The SMILES string of the molecule is CCC1COC2C(O)CCC12. The molecule has 0 aromatic heterocycles. The Labute approximate surface area is 67.6 Å². The second-order valence-corrected chi connectivity index (χ2v) is 3.77. The lowest BCUT2D eigenvalue weighted by Gasteiger charge is -2.13. The number of hydrogen-bond acceptors (Lipinski definition) is 2. The molecule has 4 unspecified atom stereocenters. The molecule has 2 fully saturated rings. The minimum absolute atomic E-state index is 0.170. The van der Waals surface area contributed by atoms with Gasteiger partial charge in [0, 0.05) is 0 Å². The van der Waals surface area contributed by atoms with Gasteiger partial charge < -0.3 is 9.84 Å². The van der Waals surface area contributed by atoms with Crippen LogP contribution in [-0.2, 0) is 4.74 Å². The summed E-state index contributed by atoms with van der Waals surface area (Å²) in [6, 6.07) is 0. The van der Waals surface area contributed by atoms with Crippen LogP contribution in [0.3, 0.4) is 0 Å². The Balaban J connectivity index is 2.04. The first-order valence-electron chi connectivity index (χ1n) is 4.62. The molecule has 2 rings (SSSR count). The molecule has 1 aliphatic carbocycles. The highest BCUT2D eigenvalue weighted by Crippen LogP contribution is 2.40. The molecule has 0 spiro atoms. The molecule has 0 aromatic carbocycles. The van der Waals surface area contributed by atoms with Crippen molar-refractivity contribution in [2.75, 3.05) is 6.61 Å². The summed E-state index contributed by atoms with van der Waals surface area (Å²) >= 11 is 0. The first kappa shape index (κ1) is 7.56. The van der Waals surface area contributed by atoms with E-state index in [2.05, 4.69) is 6.92 Å². The predicted octanol–water partition coefficient (Wildman–Crippen LogP) is 1.18. The summed E-state index contributed by atoms with van der Waals surface area (Å²) in [6.45, 7) is 3.09. The molecule has 0 amide bonds. The summed E-state index contributed by atoms with van der Waals surface area (Å²) in [5.41, 5.74) is 0. The van der Waals surface area contributed by atoms with Gasteiger partial charge in [-0.15, -0.1) is 0 Å². The van der Waals surface area contributed by atoms with E-state index >= 15 is 0 Å². The highest BCUT2D eigenvalue weighted by Gasteiger charge is 2.44. The molecule has 1 aliphatic heterocycles. The Morgan fingerprint density at radius 1 is 1.45 bits per heavy atom. The maximum absolute atomic E-state index is 9.49. The predicted molar refractivity (Wildman–Crippen MR) is 42.3 cm³/mol. The highest BCUT2D eigenvalue weighted by molar-refractivity contribution is 4.93. The second-order valence-electron chi connectivity index (χ2n) is 3.77. The van der Waals surface area contributed by atoms with Crippen molar-refractivity contribution in [3.8, 4) is 0 Å². The van der Waals surface area contributed by atoms with Crippen LogP contribution in [0.15, 0.2) is 0 Å². The zero-order valence-electron chi connectivity index (χ0n) is 6.99. The first-order chi connectivity index (χ1) is 5.33. The van der Waals surface area contributed by atoms with Gasteiger partial charge >= 0.3 is 0 Å².